The van der Waals surface area contributed by atoms with Crippen LogP contribution >= 0.6 is 22.9 Å². The quantitative estimate of drug-likeness (QED) is 0.670. The van der Waals surface area contributed by atoms with Crippen molar-refractivity contribution in [1.82, 2.24) is 4.90 Å². The van der Waals surface area contributed by atoms with Crippen molar-refractivity contribution in [1.29, 1.82) is 0 Å². The van der Waals surface area contributed by atoms with Gasteiger partial charge < -0.3 is 9.32 Å². The van der Waals surface area contributed by atoms with E-state index in [1.165, 1.54) is 11.3 Å². The predicted octanol–water partition coefficient (Wildman–Crippen LogP) is 4.84. The highest BCUT2D eigenvalue weighted by Gasteiger charge is 2.19. The molecule has 0 aliphatic carbocycles. The minimum absolute atomic E-state index is 0.0443. The number of nitrogens with zero attached hydrogens (tertiary/aromatic N) is 1. The Labute approximate surface area is 137 Å². The third-order valence-electron chi connectivity index (χ3n) is 3.21. The minimum atomic E-state index is -0.0443. The van der Waals surface area contributed by atoms with Gasteiger partial charge in [-0.2, -0.15) is 0 Å². The molecule has 0 spiro atoms. The van der Waals surface area contributed by atoms with Crippen molar-refractivity contribution in [2.75, 3.05) is 0 Å². The summed E-state index contributed by atoms with van der Waals surface area (Å²) in [7, 11) is 0. The van der Waals surface area contributed by atoms with Crippen molar-refractivity contribution in [3.63, 3.8) is 0 Å². The van der Waals surface area contributed by atoms with Crippen LogP contribution < -0.4 is 0 Å². The van der Waals surface area contributed by atoms with Crippen LogP contribution in [0.3, 0.4) is 0 Å². The SMILES string of the molecule is O=C(c1ccc(Cl)s1)N(Cc1ccccc1)Cc1ccco1. The maximum Gasteiger partial charge on any atom is 0.264 e. The van der Waals surface area contributed by atoms with Crippen LogP contribution in [0.2, 0.25) is 4.34 Å². The molecule has 0 unspecified atom stereocenters. The molecule has 112 valence electrons. The van der Waals surface area contributed by atoms with E-state index in [0.717, 1.165) is 11.3 Å². The molecular formula is C17H14ClNO2S. The molecule has 0 fully saturated rings. The number of benzene rings is 1. The van der Waals surface area contributed by atoms with Gasteiger partial charge in [-0.05, 0) is 29.8 Å². The number of hydrogen-bond acceptors (Lipinski definition) is 3. The fraction of sp³-hybridized carbons (Fsp3) is 0.118. The molecule has 0 aliphatic rings. The second-order valence-electron chi connectivity index (χ2n) is 4.83. The maximum atomic E-state index is 12.7. The largest absolute Gasteiger partial charge is 0.467 e. The van der Waals surface area contributed by atoms with E-state index in [2.05, 4.69) is 0 Å². The zero-order valence-electron chi connectivity index (χ0n) is 11.7. The lowest BCUT2D eigenvalue weighted by Crippen LogP contribution is -2.29. The molecule has 0 radical (unpaired) electrons. The van der Waals surface area contributed by atoms with Crippen molar-refractivity contribution >= 4 is 28.8 Å². The Morgan fingerprint density at radius 2 is 1.86 bits per heavy atom. The lowest BCUT2D eigenvalue weighted by atomic mass is 10.2. The number of hydrogen-bond donors (Lipinski definition) is 0. The first-order valence-corrected chi connectivity index (χ1v) is 8.03. The Morgan fingerprint density at radius 3 is 2.50 bits per heavy atom. The topological polar surface area (TPSA) is 33.5 Å². The highest BCUT2D eigenvalue weighted by Crippen LogP contribution is 2.24. The van der Waals surface area contributed by atoms with Crippen LogP contribution in [0.1, 0.15) is 21.0 Å². The maximum absolute atomic E-state index is 12.7. The van der Waals surface area contributed by atoms with Gasteiger partial charge in [0.1, 0.15) is 5.76 Å². The molecule has 0 saturated carbocycles. The molecule has 0 bridgehead atoms. The first-order valence-electron chi connectivity index (χ1n) is 6.83. The standard InChI is InChI=1S/C17H14ClNO2S/c18-16-9-8-15(22-16)17(20)19(12-14-7-4-10-21-14)11-13-5-2-1-3-6-13/h1-10H,11-12H2. The van der Waals surface area contributed by atoms with Crippen LogP contribution in [-0.4, -0.2) is 10.8 Å². The monoisotopic (exact) mass is 331 g/mol. The molecule has 3 aromatic rings. The zero-order chi connectivity index (χ0) is 15.4. The van der Waals surface area contributed by atoms with Gasteiger partial charge in [0.25, 0.3) is 5.91 Å². The second kappa shape index (κ2) is 6.81. The van der Waals surface area contributed by atoms with Crippen LogP contribution in [0, 0.1) is 0 Å². The minimum Gasteiger partial charge on any atom is -0.467 e. The summed E-state index contributed by atoms with van der Waals surface area (Å²) in [6, 6.07) is 17.1. The van der Waals surface area contributed by atoms with E-state index in [9.17, 15) is 4.79 Å². The Kier molecular flexibility index (Phi) is 4.61. The Hall–Kier alpha value is -2.04. The molecule has 22 heavy (non-hydrogen) atoms. The van der Waals surface area contributed by atoms with Gasteiger partial charge in [0, 0.05) is 6.54 Å². The number of rotatable bonds is 5. The fourth-order valence-corrected chi connectivity index (χ4v) is 3.19. The Bertz CT molecular complexity index is 737. The summed E-state index contributed by atoms with van der Waals surface area (Å²) >= 11 is 7.23. The number of amides is 1. The van der Waals surface area contributed by atoms with E-state index in [1.54, 1.807) is 23.3 Å². The average molecular weight is 332 g/mol. The van der Waals surface area contributed by atoms with Gasteiger partial charge in [0.05, 0.1) is 22.0 Å². The first kappa shape index (κ1) is 14.9. The Morgan fingerprint density at radius 1 is 1.05 bits per heavy atom. The smallest absolute Gasteiger partial charge is 0.264 e. The number of carbonyl (C=O) groups is 1. The normalized spacial score (nSPS) is 10.6. The molecule has 0 aliphatic heterocycles. The molecule has 0 saturated heterocycles. The lowest BCUT2D eigenvalue weighted by molar-refractivity contribution is 0.0722. The van der Waals surface area contributed by atoms with Crippen LogP contribution in [0.25, 0.3) is 0 Å². The van der Waals surface area contributed by atoms with Crippen LogP contribution in [-0.2, 0) is 13.1 Å². The molecule has 0 N–H and O–H groups in total. The molecule has 1 amide bonds. The molecule has 0 atom stereocenters. The van der Waals surface area contributed by atoms with E-state index >= 15 is 0 Å². The van der Waals surface area contributed by atoms with Gasteiger partial charge in [-0.15, -0.1) is 11.3 Å². The number of thiophene rings is 1. The van der Waals surface area contributed by atoms with Gasteiger partial charge in [-0.25, -0.2) is 0 Å². The zero-order valence-corrected chi connectivity index (χ0v) is 13.3. The molecule has 1 aromatic carbocycles. The van der Waals surface area contributed by atoms with Gasteiger partial charge in [-0.1, -0.05) is 41.9 Å². The van der Waals surface area contributed by atoms with Crippen LogP contribution in [0.15, 0.2) is 65.3 Å². The van der Waals surface area contributed by atoms with Crippen molar-refractivity contribution in [3.05, 3.63) is 81.4 Å². The molecule has 2 aromatic heterocycles. The molecular weight excluding hydrogens is 318 g/mol. The van der Waals surface area contributed by atoms with Crippen molar-refractivity contribution in [2.24, 2.45) is 0 Å². The van der Waals surface area contributed by atoms with Crippen molar-refractivity contribution in [2.45, 2.75) is 13.1 Å². The first-order chi connectivity index (χ1) is 10.7. The number of furan rings is 1. The van der Waals surface area contributed by atoms with E-state index in [4.69, 9.17) is 16.0 Å². The molecule has 3 rings (SSSR count). The average Bonchev–Trinajstić information content (AvgIpc) is 3.18. The number of halogens is 1. The Balaban J connectivity index is 1.83. The predicted molar refractivity (Wildman–Crippen MR) is 88.1 cm³/mol. The summed E-state index contributed by atoms with van der Waals surface area (Å²) in [5.41, 5.74) is 1.07. The summed E-state index contributed by atoms with van der Waals surface area (Å²) in [5, 5.41) is 0. The summed E-state index contributed by atoms with van der Waals surface area (Å²) in [6.45, 7) is 0.951. The molecule has 5 heteroatoms. The molecule has 3 nitrogen and oxygen atoms in total. The summed E-state index contributed by atoms with van der Waals surface area (Å²) in [4.78, 5) is 15.1. The highest BCUT2D eigenvalue weighted by molar-refractivity contribution is 7.17. The second-order valence-corrected chi connectivity index (χ2v) is 6.55. The van der Waals surface area contributed by atoms with Gasteiger partial charge >= 0.3 is 0 Å². The van der Waals surface area contributed by atoms with E-state index in [1.807, 2.05) is 42.5 Å². The van der Waals surface area contributed by atoms with Crippen molar-refractivity contribution in [3.8, 4) is 0 Å². The van der Waals surface area contributed by atoms with Gasteiger partial charge in [0.2, 0.25) is 0 Å². The third-order valence-corrected chi connectivity index (χ3v) is 4.43. The summed E-state index contributed by atoms with van der Waals surface area (Å²) < 4.78 is 5.99. The number of carbonyl (C=O) groups excluding carboxylic acids is 1. The van der Waals surface area contributed by atoms with Gasteiger partial charge in [-0.3, -0.25) is 4.79 Å². The lowest BCUT2D eigenvalue weighted by Gasteiger charge is -2.21. The molecule has 2 heterocycles. The highest BCUT2D eigenvalue weighted by atomic mass is 35.5. The summed E-state index contributed by atoms with van der Waals surface area (Å²) in [5.74, 6) is 0.712. The van der Waals surface area contributed by atoms with E-state index in [0.29, 0.717) is 22.3 Å². The van der Waals surface area contributed by atoms with E-state index in [-0.39, 0.29) is 5.91 Å². The van der Waals surface area contributed by atoms with Gasteiger partial charge in [0.15, 0.2) is 0 Å². The van der Waals surface area contributed by atoms with Crippen LogP contribution in [0.4, 0.5) is 0 Å². The fourth-order valence-electron chi connectivity index (χ4n) is 2.18. The van der Waals surface area contributed by atoms with Crippen LogP contribution in [0.5, 0.6) is 0 Å². The third kappa shape index (κ3) is 3.59. The summed E-state index contributed by atoms with van der Waals surface area (Å²) in [6.07, 6.45) is 1.61. The van der Waals surface area contributed by atoms with E-state index < -0.39 is 0 Å². The van der Waals surface area contributed by atoms with Crippen molar-refractivity contribution < 1.29 is 9.21 Å².